The highest BCUT2D eigenvalue weighted by molar-refractivity contribution is 7.99. The van der Waals surface area contributed by atoms with Crippen molar-refractivity contribution in [3.8, 4) is 5.69 Å². The van der Waals surface area contributed by atoms with Crippen molar-refractivity contribution in [1.82, 2.24) is 25.0 Å². The number of aromatic nitrogens is 3. The molecule has 1 amide bonds. The Morgan fingerprint density at radius 3 is 2.63 bits per heavy atom. The van der Waals surface area contributed by atoms with Gasteiger partial charge in [-0.25, -0.2) is 0 Å². The molecule has 0 unspecified atom stereocenters. The van der Waals surface area contributed by atoms with E-state index in [9.17, 15) is 18.0 Å². The number of rotatable bonds is 8. The number of hydrogen-bond donors (Lipinski definition) is 1. The summed E-state index contributed by atoms with van der Waals surface area (Å²) < 4.78 is 41.3. The molecule has 0 bridgehead atoms. The molecule has 1 aromatic heterocycles. The Labute approximate surface area is 178 Å². The molecule has 0 saturated carbocycles. The Balaban J connectivity index is 1.84. The maximum atomic E-state index is 13.2. The number of carbonyl (C=O) groups is 1. The molecule has 0 radical (unpaired) electrons. The minimum absolute atomic E-state index is 0.0902. The van der Waals surface area contributed by atoms with Crippen LogP contribution in [-0.4, -0.2) is 51.0 Å². The number of thioether (sulfide) groups is 1. The molecular weight excluding hydrogens is 415 g/mol. The summed E-state index contributed by atoms with van der Waals surface area (Å²) in [5.74, 6) is 0.795. The summed E-state index contributed by atoms with van der Waals surface area (Å²) >= 11 is 1.46. The molecule has 164 valence electrons. The van der Waals surface area contributed by atoms with Gasteiger partial charge in [-0.3, -0.25) is 9.36 Å². The predicted octanol–water partition coefficient (Wildman–Crippen LogP) is 3.75. The van der Waals surface area contributed by atoms with Crippen LogP contribution in [0.15, 0.2) is 29.4 Å². The molecule has 0 spiro atoms. The van der Waals surface area contributed by atoms with E-state index < -0.39 is 11.7 Å². The average molecular weight is 442 g/mol. The van der Waals surface area contributed by atoms with Gasteiger partial charge >= 0.3 is 6.18 Å². The van der Waals surface area contributed by atoms with Crippen LogP contribution < -0.4 is 5.32 Å². The van der Waals surface area contributed by atoms with Crippen molar-refractivity contribution >= 4 is 17.7 Å². The number of alkyl halides is 3. The highest BCUT2D eigenvalue weighted by Crippen LogP contribution is 2.31. The lowest BCUT2D eigenvalue weighted by Crippen LogP contribution is -2.28. The summed E-state index contributed by atoms with van der Waals surface area (Å²) in [6.45, 7) is 6.67. The van der Waals surface area contributed by atoms with E-state index in [1.165, 1.54) is 30.7 Å². The maximum absolute atomic E-state index is 13.2. The topological polar surface area (TPSA) is 63.1 Å². The zero-order chi connectivity index (χ0) is 21.7. The lowest BCUT2D eigenvalue weighted by atomic mass is 10.2. The van der Waals surface area contributed by atoms with Gasteiger partial charge in [0.15, 0.2) is 11.0 Å². The van der Waals surface area contributed by atoms with E-state index in [0.29, 0.717) is 16.7 Å². The van der Waals surface area contributed by atoms with Crippen molar-refractivity contribution in [3.05, 3.63) is 35.7 Å². The third-order valence-corrected chi connectivity index (χ3v) is 5.82. The molecule has 1 aromatic carbocycles. The lowest BCUT2D eigenvalue weighted by molar-refractivity contribution is -0.137. The monoisotopic (exact) mass is 441 g/mol. The summed E-state index contributed by atoms with van der Waals surface area (Å²) in [6, 6.07) is 5.08. The molecule has 1 N–H and O–H groups in total. The van der Waals surface area contributed by atoms with Crippen LogP contribution in [0.2, 0.25) is 0 Å². The van der Waals surface area contributed by atoms with Crippen LogP contribution in [0.4, 0.5) is 13.2 Å². The third kappa shape index (κ3) is 5.75. The number of halogens is 3. The van der Waals surface area contributed by atoms with Gasteiger partial charge in [0, 0.05) is 18.2 Å². The van der Waals surface area contributed by atoms with Crippen molar-refractivity contribution in [2.45, 2.75) is 44.6 Å². The van der Waals surface area contributed by atoms with E-state index in [-0.39, 0.29) is 18.4 Å². The molecule has 1 aliphatic heterocycles. The first-order valence-corrected chi connectivity index (χ1v) is 11.0. The predicted molar refractivity (Wildman–Crippen MR) is 109 cm³/mol. The lowest BCUT2D eigenvalue weighted by Gasteiger charge is -2.15. The molecule has 0 atom stereocenters. The SMILES string of the molecule is CC(C)C(=O)NCc1nnc(SCCN2CCCC2)n1-c1cccc(C(F)(F)F)c1. The van der Waals surface area contributed by atoms with Crippen molar-refractivity contribution in [3.63, 3.8) is 0 Å². The first-order chi connectivity index (χ1) is 14.3. The van der Waals surface area contributed by atoms with Crippen LogP contribution in [0.5, 0.6) is 0 Å². The number of benzene rings is 1. The zero-order valence-corrected chi connectivity index (χ0v) is 17.9. The van der Waals surface area contributed by atoms with Gasteiger partial charge < -0.3 is 10.2 Å². The van der Waals surface area contributed by atoms with Gasteiger partial charge in [0.25, 0.3) is 0 Å². The molecule has 1 fully saturated rings. The molecule has 2 heterocycles. The van der Waals surface area contributed by atoms with Gasteiger partial charge in [-0.15, -0.1) is 10.2 Å². The second-order valence-electron chi connectivity index (χ2n) is 7.55. The molecule has 0 aliphatic carbocycles. The summed E-state index contributed by atoms with van der Waals surface area (Å²) in [6.07, 6.45) is -2.05. The average Bonchev–Trinajstić information content (AvgIpc) is 3.35. The molecule has 6 nitrogen and oxygen atoms in total. The number of nitrogens with one attached hydrogen (secondary N) is 1. The maximum Gasteiger partial charge on any atom is 0.416 e. The molecular formula is C20H26F3N5OS. The Morgan fingerprint density at radius 1 is 1.23 bits per heavy atom. The number of nitrogens with zero attached hydrogens (tertiary/aromatic N) is 4. The molecule has 1 saturated heterocycles. The summed E-state index contributed by atoms with van der Waals surface area (Å²) in [4.78, 5) is 14.3. The fourth-order valence-corrected chi connectivity index (χ4v) is 4.20. The van der Waals surface area contributed by atoms with Crippen LogP contribution >= 0.6 is 11.8 Å². The van der Waals surface area contributed by atoms with Crippen LogP contribution in [-0.2, 0) is 17.5 Å². The Hall–Kier alpha value is -2.07. The molecule has 30 heavy (non-hydrogen) atoms. The standard InChI is InChI=1S/C20H26F3N5OS/c1-14(2)18(29)24-13-17-25-26-19(30-11-10-27-8-3-4-9-27)28(17)16-7-5-6-15(12-16)20(21,22)23/h5-7,12,14H,3-4,8-11,13H2,1-2H3,(H,24,29). The largest absolute Gasteiger partial charge is 0.416 e. The van der Waals surface area contributed by atoms with Gasteiger partial charge in [-0.05, 0) is 44.1 Å². The first kappa shape index (κ1) is 22.6. The van der Waals surface area contributed by atoms with Gasteiger partial charge in [0.1, 0.15) is 0 Å². The number of carbonyl (C=O) groups excluding carboxylic acids is 1. The van der Waals surface area contributed by atoms with E-state index in [2.05, 4.69) is 20.4 Å². The normalized spacial score (nSPS) is 15.1. The van der Waals surface area contributed by atoms with Crippen LogP contribution in [0.3, 0.4) is 0 Å². The molecule has 1 aliphatic rings. The van der Waals surface area contributed by atoms with Crippen molar-refractivity contribution in [2.75, 3.05) is 25.4 Å². The van der Waals surface area contributed by atoms with E-state index in [1.54, 1.807) is 24.5 Å². The highest BCUT2D eigenvalue weighted by Gasteiger charge is 2.31. The van der Waals surface area contributed by atoms with Gasteiger partial charge in [0.05, 0.1) is 17.8 Å². The summed E-state index contributed by atoms with van der Waals surface area (Å²) in [5.41, 5.74) is -0.411. The smallest absolute Gasteiger partial charge is 0.349 e. The number of amides is 1. The number of likely N-dealkylation sites (tertiary alicyclic amines) is 1. The van der Waals surface area contributed by atoms with Gasteiger partial charge in [-0.1, -0.05) is 31.7 Å². The Morgan fingerprint density at radius 2 is 1.97 bits per heavy atom. The zero-order valence-electron chi connectivity index (χ0n) is 17.1. The van der Waals surface area contributed by atoms with E-state index in [0.717, 1.165) is 37.5 Å². The first-order valence-electron chi connectivity index (χ1n) is 10.0. The quantitative estimate of drug-likeness (QED) is 0.633. The van der Waals surface area contributed by atoms with Crippen LogP contribution in [0.1, 0.15) is 38.1 Å². The van der Waals surface area contributed by atoms with E-state index >= 15 is 0 Å². The Kier molecular flexibility index (Phi) is 7.41. The van der Waals surface area contributed by atoms with Gasteiger partial charge in [0.2, 0.25) is 5.91 Å². The fourth-order valence-electron chi connectivity index (χ4n) is 3.23. The van der Waals surface area contributed by atoms with Crippen molar-refractivity contribution in [1.29, 1.82) is 0 Å². The summed E-state index contributed by atoms with van der Waals surface area (Å²) in [7, 11) is 0. The molecule has 10 heteroatoms. The second kappa shape index (κ2) is 9.82. The minimum Gasteiger partial charge on any atom is -0.349 e. The fraction of sp³-hybridized carbons (Fsp3) is 0.550. The molecule has 2 aromatic rings. The third-order valence-electron chi connectivity index (χ3n) is 4.91. The molecule has 3 rings (SSSR count). The minimum atomic E-state index is -4.45. The second-order valence-corrected chi connectivity index (χ2v) is 8.61. The van der Waals surface area contributed by atoms with Crippen LogP contribution in [0.25, 0.3) is 5.69 Å². The van der Waals surface area contributed by atoms with Crippen molar-refractivity contribution < 1.29 is 18.0 Å². The van der Waals surface area contributed by atoms with Crippen molar-refractivity contribution in [2.24, 2.45) is 5.92 Å². The van der Waals surface area contributed by atoms with E-state index in [4.69, 9.17) is 0 Å². The van der Waals surface area contributed by atoms with Gasteiger partial charge in [-0.2, -0.15) is 13.2 Å². The Bertz CT molecular complexity index is 862. The highest BCUT2D eigenvalue weighted by atomic mass is 32.2. The summed E-state index contributed by atoms with van der Waals surface area (Å²) in [5, 5.41) is 11.6. The number of hydrogen-bond acceptors (Lipinski definition) is 5. The van der Waals surface area contributed by atoms with E-state index in [1.807, 2.05) is 0 Å². The van der Waals surface area contributed by atoms with Crippen LogP contribution in [0, 0.1) is 5.92 Å².